The number of nitrogens with zero attached hydrogens (tertiary/aromatic N) is 2. The molecule has 0 bridgehead atoms. The molecule has 3 nitrogen and oxygen atoms in total. The number of hydrogen-bond donors (Lipinski definition) is 0. The van der Waals surface area contributed by atoms with E-state index < -0.39 is 0 Å². The van der Waals surface area contributed by atoms with Crippen molar-refractivity contribution in [2.75, 3.05) is 13.1 Å². The normalized spacial score (nSPS) is 15.9. The van der Waals surface area contributed by atoms with Gasteiger partial charge in [-0.15, -0.1) is 0 Å². The molecule has 1 aliphatic heterocycles. The number of carbonyl (C=O) groups is 1. The molecule has 3 heteroatoms. The number of aromatic nitrogens is 1. The number of pyridine rings is 1. The van der Waals surface area contributed by atoms with Gasteiger partial charge in [0, 0.05) is 25.2 Å². The third-order valence-corrected chi connectivity index (χ3v) is 5.41. The Morgan fingerprint density at radius 2 is 1.65 bits per heavy atom. The van der Waals surface area contributed by atoms with Gasteiger partial charge in [0.15, 0.2) is 12.4 Å². The molecule has 0 radical (unpaired) electrons. The van der Waals surface area contributed by atoms with Gasteiger partial charge in [-0.2, -0.15) is 4.57 Å². The van der Waals surface area contributed by atoms with Crippen LogP contribution in [0.25, 0.3) is 0 Å². The predicted octanol–water partition coefficient (Wildman–Crippen LogP) is 3.75. The lowest BCUT2D eigenvalue weighted by molar-refractivity contribution is -0.685. The number of benzene rings is 1. The molecule has 0 spiro atoms. The van der Waals surface area contributed by atoms with Gasteiger partial charge in [-0.3, -0.25) is 4.79 Å². The standard InChI is InChI=1S/C23H31N2O/c1-23(2,3)21-11-13-24(14-12-21)18-22(26)25-15-9-20(10-16-25)17-19-7-5-4-6-8-19/h4-8,11-14,20H,9-10,15-18H2,1-3H3/q+1. The van der Waals surface area contributed by atoms with E-state index in [1.807, 2.05) is 21.9 Å². The summed E-state index contributed by atoms with van der Waals surface area (Å²) in [4.78, 5) is 14.7. The van der Waals surface area contributed by atoms with Gasteiger partial charge in [-0.25, -0.2) is 0 Å². The maximum Gasteiger partial charge on any atom is 0.288 e. The van der Waals surface area contributed by atoms with Crippen LogP contribution in [0.3, 0.4) is 0 Å². The number of rotatable bonds is 4. The fraction of sp³-hybridized carbons (Fsp3) is 0.478. The predicted molar refractivity (Wildman–Crippen MR) is 105 cm³/mol. The molecule has 0 unspecified atom stereocenters. The number of carbonyl (C=O) groups excluding carboxylic acids is 1. The Bertz CT molecular complexity index is 708. The SMILES string of the molecule is CC(C)(C)c1cc[n+](CC(=O)N2CCC(Cc3ccccc3)CC2)cc1. The molecule has 0 saturated carbocycles. The molecule has 26 heavy (non-hydrogen) atoms. The lowest BCUT2D eigenvalue weighted by Gasteiger charge is -2.31. The fourth-order valence-corrected chi connectivity index (χ4v) is 3.65. The highest BCUT2D eigenvalue weighted by Gasteiger charge is 2.25. The van der Waals surface area contributed by atoms with Crippen LogP contribution in [-0.2, 0) is 23.2 Å². The monoisotopic (exact) mass is 351 g/mol. The minimum Gasteiger partial charge on any atom is -0.337 e. The molecule has 1 saturated heterocycles. The summed E-state index contributed by atoms with van der Waals surface area (Å²) in [6.07, 6.45) is 7.40. The summed E-state index contributed by atoms with van der Waals surface area (Å²) < 4.78 is 1.99. The highest BCUT2D eigenvalue weighted by atomic mass is 16.2. The molecule has 2 aromatic rings. The Morgan fingerprint density at radius 3 is 2.23 bits per heavy atom. The van der Waals surface area contributed by atoms with Crippen LogP contribution >= 0.6 is 0 Å². The third-order valence-electron chi connectivity index (χ3n) is 5.41. The molecule has 0 aliphatic carbocycles. The van der Waals surface area contributed by atoms with E-state index >= 15 is 0 Å². The number of likely N-dealkylation sites (tertiary alicyclic amines) is 1. The van der Waals surface area contributed by atoms with E-state index in [1.54, 1.807) is 0 Å². The second-order valence-corrected chi connectivity index (χ2v) is 8.52. The van der Waals surface area contributed by atoms with Gasteiger partial charge >= 0.3 is 0 Å². The van der Waals surface area contributed by atoms with Crippen LogP contribution in [0, 0.1) is 5.92 Å². The summed E-state index contributed by atoms with van der Waals surface area (Å²) in [7, 11) is 0. The van der Waals surface area contributed by atoms with Crippen LogP contribution in [0.5, 0.6) is 0 Å². The average molecular weight is 352 g/mol. The number of hydrogen-bond acceptors (Lipinski definition) is 1. The highest BCUT2D eigenvalue weighted by Crippen LogP contribution is 2.22. The molecular weight excluding hydrogens is 320 g/mol. The summed E-state index contributed by atoms with van der Waals surface area (Å²) in [5.74, 6) is 0.928. The highest BCUT2D eigenvalue weighted by molar-refractivity contribution is 5.74. The summed E-state index contributed by atoms with van der Waals surface area (Å²) in [6.45, 7) is 8.83. The lowest BCUT2D eigenvalue weighted by Crippen LogP contribution is -2.47. The molecule has 0 atom stereocenters. The van der Waals surface area contributed by atoms with Gasteiger partial charge in [0.05, 0.1) is 0 Å². The molecule has 2 heterocycles. The first-order valence-electron chi connectivity index (χ1n) is 9.73. The zero-order valence-electron chi connectivity index (χ0n) is 16.3. The largest absolute Gasteiger partial charge is 0.337 e. The van der Waals surface area contributed by atoms with Crippen LogP contribution in [0.15, 0.2) is 54.9 Å². The lowest BCUT2D eigenvalue weighted by atomic mass is 9.88. The zero-order valence-corrected chi connectivity index (χ0v) is 16.3. The maximum absolute atomic E-state index is 12.6. The van der Waals surface area contributed by atoms with Crippen molar-refractivity contribution < 1.29 is 9.36 Å². The van der Waals surface area contributed by atoms with Crippen molar-refractivity contribution in [1.82, 2.24) is 4.90 Å². The fourth-order valence-electron chi connectivity index (χ4n) is 3.65. The topological polar surface area (TPSA) is 24.2 Å². The minimum atomic E-state index is 0.143. The zero-order chi connectivity index (χ0) is 18.6. The van der Waals surface area contributed by atoms with Crippen molar-refractivity contribution in [3.05, 3.63) is 66.0 Å². The Labute approximate surface area is 157 Å². The summed E-state index contributed by atoms with van der Waals surface area (Å²) >= 11 is 0. The first-order valence-corrected chi connectivity index (χ1v) is 9.73. The molecular formula is C23H31N2O+. The molecule has 3 rings (SSSR count). The molecule has 1 fully saturated rings. The van der Waals surface area contributed by atoms with Crippen molar-refractivity contribution in [3.63, 3.8) is 0 Å². The molecule has 0 N–H and O–H groups in total. The first kappa shape index (κ1) is 18.6. The molecule has 138 valence electrons. The molecule has 1 aromatic heterocycles. The first-order chi connectivity index (χ1) is 12.4. The van der Waals surface area contributed by atoms with E-state index in [9.17, 15) is 4.79 Å². The van der Waals surface area contributed by atoms with Crippen LogP contribution < -0.4 is 4.57 Å². The van der Waals surface area contributed by atoms with Crippen molar-refractivity contribution in [3.8, 4) is 0 Å². The maximum atomic E-state index is 12.6. The van der Waals surface area contributed by atoms with E-state index in [1.165, 1.54) is 11.1 Å². The van der Waals surface area contributed by atoms with E-state index in [2.05, 4.69) is 63.2 Å². The van der Waals surface area contributed by atoms with Gasteiger partial charge in [0.1, 0.15) is 0 Å². The van der Waals surface area contributed by atoms with Gasteiger partial charge in [0.25, 0.3) is 5.91 Å². The summed E-state index contributed by atoms with van der Waals surface area (Å²) in [5.41, 5.74) is 2.85. The number of amides is 1. The summed E-state index contributed by atoms with van der Waals surface area (Å²) in [6, 6.07) is 14.9. The Hall–Kier alpha value is -2.16. The van der Waals surface area contributed by atoms with Crippen LogP contribution in [-0.4, -0.2) is 23.9 Å². The smallest absolute Gasteiger partial charge is 0.288 e. The van der Waals surface area contributed by atoms with E-state index in [4.69, 9.17) is 0 Å². The summed E-state index contributed by atoms with van der Waals surface area (Å²) in [5, 5.41) is 0. The second kappa shape index (κ2) is 8.03. The van der Waals surface area contributed by atoms with Crippen LogP contribution in [0.4, 0.5) is 0 Å². The van der Waals surface area contributed by atoms with Crippen molar-refractivity contribution in [2.24, 2.45) is 5.92 Å². The van der Waals surface area contributed by atoms with Gasteiger partial charge < -0.3 is 4.90 Å². The van der Waals surface area contributed by atoms with Gasteiger partial charge in [-0.1, -0.05) is 51.1 Å². The van der Waals surface area contributed by atoms with E-state index in [-0.39, 0.29) is 11.3 Å². The van der Waals surface area contributed by atoms with E-state index in [0.717, 1.165) is 32.4 Å². The van der Waals surface area contributed by atoms with Crippen LogP contribution in [0.2, 0.25) is 0 Å². The Kier molecular flexibility index (Phi) is 5.75. The molecule has 1 aliphatic rings. The quantitative estimate of drug-likeness (QED) is 0.770. The van der Waals surface area contributed by atoms with Gasteiger partial charge in [-0.05, 0) is 41.7 Å². The molecule has 1 amide bonds. The van der Waals surface area contributed by atoms with E-state index in [0.29, 0.717) is 12.5 Å². The van der Waals surface area contributed by atoms with Gasteiger partial charge in [0.2, 0.25) is 6.54 Å². The minimum absolute atomic E-state index is 0.143. The molecule has 1 aromatic carbocycles. The second-order valence-electron chi connectivity index (χ2n) is 8.52. The number of piperidine rings is 1. The van der Waals surface area contributed by atoms with Crippen LogP contribution in [0.1, 0.15) is 44.7 Å². The Morgan fingerprint density at radius 1 is 1.04 bits per heavy atom. The third kappa shape index (κ3) is 4.94. The average Bonchev–Trinajstić information content (AvgIpc) is 2.63. The van der Waals surface area contributed by atoms with Crippen molar-refractivity contribution in [2.45, 2.75) is 52.0 Å². The Balaban J connectivity index is 1.49. The van der Waals surface area contributed by atoms with Crippen molar-refractivity contribution in [1.29, 1.82) is 0 Å². The van der Waals surface area contributed by atoms with Crippen molar-refractivity contribution >= 4 is 5.91 Å².